The molecule has 0 atom stereocenters. The van der Waals surface area contributed by atoms with Crippen molar-refractivity contribution < 1.29 is 24.8 Å². The Morgan fingerprint density at radius 1 is 1.00 bits per heavy atom. The molecular weight excluding hydrogens is 215 g/mol. The Bertz CT molecular complexity index is 153. The molecule has 1 aromatic carbocycles. The average Bonchev–Trinajstić information content (AvgIpc) is 1.77. The zero-order valence-corrected chi connectivity index (χ0v) is 9.83. The Kier molecular flexibility index (Phi) is 14.5. The Morgan fingerprint density at radius 3 is 1.64 bits per heavy atom. The summed E-state index contributed by atoms with van der Waals surface area (Å²) in [5.74, 6) is 0. The molecule has 1 rings (SSSR count). The van der Waals surface area contributed by atoms with Crippen LogP contribution in [0.25, 0.3) is 0 Å². The van der Waals surface area contributed by atoms with Gasteiger partial charge < -0.3 is 24.8 Å². The van der Waals surface area contributed by atoms with Gasteiger partial charge in [-0.05, 0) is 19.1 Å². The summed E-state index contributed by atoms with van der Waals surface area (Å²) in [6, 6.07) is 7.75. The Balaban J connectivity index is -0.000000213. The third-order valence-electron chi connectivity index (χ3n) is 1.01. The third kappa shape index (κ3) is 7.22. The van der Waals surface area contributed by atoms with E-state index in [0.717, 1.165) is 5.02 Å². The van der Waals surface area contributed by atoms with Gasteiger partial charge in [-0.2, -0.15) is 0 Å². The van der Waals surface area contributed by atoms with Gasteiger partial charge in [0.15, 0.2) is 0 Å². The van der Waals surface area contributed by atoms with Gasteiger partial charge in [-0.1, -0.05) is 29.3 Å². The van der Waals surface area contributed by atoms with Crippen LogP contribution < -0.4 is 24.8 Å². The summed E-state index contributed by atoms with van der Waals surface area (Å²) in [5, 5.41) is 0.801. The summed E-state index contributed by atoms with van der Waals surface area (Å²) in [6.07, 6.45) is 0. The van der Waals surface area contributed by atoms with Gasteiger partial charge in [-0.15, -0.1) is 0 Å². The number of rotatable bonds is 0. The average molecular weight is 222 g/mol. The van der Waals surface area contributed by atoms with Gasteiger partial charge in [0.2, 0.25) is 0 Å². The molecule has 0 aliphatic heterocycles. The van der Waals surface area contributed by atoms with Crippen LogP contribution in [0.3, 0.4) is 0 Å². The summed E-state index contributed by atoms with van der Waals surface area (Å²) in [6.45, 7) is 2.04. The van der Waals surface area contributed by atoms with Crippen molar-refractivity contribution in [1.82, 2.24) is 0 Å². The summed E-state index contributed by atoms with van der Waals surface area (Å²) >= 11 is 5.61. The molecule has 0 heterocycles. The number of halogens is 3. The predicted molar refractivity (Wildman–Crippen MR) is 41.9 cm³/mol. The van der Waals surface area contributed by atoms with E-state index in [2.05, 4.69) is 0 Å². The molecule has 11 heavy (non-hydrogen) atoms. The summed E-state index contributed by atoms with van der Waals surface area (Å²) in [7, 11) is 0. The molecule has 0 bridgehead atoms. The van der Waals surface area contributed by atoms with Crippen LogP contribution in [0.15, 0.2) is 24.3 Å². The number of hydrogen-bond donors (Lipinski definition) is 0. The minimum Gasteiger partial charge on any atom is -1.00 e. The van der Waals surface area contributed by atoms with Crippen LogP contribution in [-0.4, -0.2) is 23.1 Å². The Labute approximate surface area is 101 Å². The first-order valence-corrected chi connectivity index (χ1v) is 2.89. The second kappa shape index (κ2) is 8.95. The largest absolute Gasteiger partial charge is 2.00 e. The number of hydrogen-bond acceptors (Lipinski definition) is 0. The van der Waals surface area contributed by atoms with E-state index in [1.165, 1.54) is 5.56 Å². The molecule has 0 fully saturated rings. The Morgan fingerprint density at radius 2 is 1.36 bits per heavy atom. The molecule has 0 unspecified atom stereocenters. The maximum absolute atomic E-state index is 5.61. The van der Waals surface area contributed by atoms with Gasteiger partial charge in [-0.3, -0.25) is 0 Å². The maximum atomic E-state index is 5.61. The fourth-order valence-electron chi connectivity index (χ4n) is 0.533. The first-order chi connectivity index (χ1) is 3.79. The zero-order valence-electron chi connectivity index (χ0n) is 6.15. The summed E-state index contributed by atoms with van der Waals surface area (Å²) < 4.78 is 0. The van der Waals surface area contributed by atoms with Crippen LogP contribution in [-0.2, 0) is 0 Å². The quantitative estimate of drug-likeness (QED) is 0.396. The SMILES string of the molecule is Cc1ccc(Cl)cc1.[Cl-].[Cl-].[Mg+2]. The number of aryl methyl sites for hydroxylation is 1. The van der Waals surface area contributed by atoms with E-state index in [9.17, 15) is 0 Å². The van der Waals surface area contributed by atoms with E-state index in [1.807, 2.05) is 31.2 Å². The topological polar surface area (TPSA) is 0 Å². The smallest absolute Gasteiger partial charge is 1.00 e. The van der Waals surface area contributed by atoms with Gasteiger partial charge >= 0.3 is 23.1 Å². The fourth-order valence-corrected chi connectivity index (χ4v) is 0.659. The molecule has 0 aromatic heterocycles. The van der Waals surface area contributed by atoms with Gasteiger partial charge in [0.25, 0.3) is 0 Å². The standard InChI is InChI=1S/C7H7Cl.2ClH.Mg/c1-6-2-4-7(8)5-3-6;;;/h2-5H,1H3;2*1H;/q;;;+2/p-2. The molecule has 0 radical (unpaired) electrons. The molecule has 0 spiro atoms. The van der Waals surface area contributed by atoms with Crippen molar-refractivity contribution in [2.45, 2.75) is 6.92 Å². The number of benzene rings is 1. The molecule has 0 amide bonds. The molecule has 4 heteroatoms. The molecule has 1 aromatic rings. The van der Waals surface area contributed by atoms with E-state index in [1.54, 1.807) is 0 Å². The van der Waals surface area contributed by atoms with Gasteiger partial charge in [0, 0.05) is 5.02 Å². The molecule has 0 aliphatic rings. The van der Waals surface area contributed by atoms with E-state index in [-0.39, 0.29) is 47.9 Å². The van der Waals surface area contributed by atoms with Crippen LogP contribution in [0.5, 0.6) is 0 Å². The monoisotopic (exact) mass is 220 g/mol. The molecule has 0 saturated heterocycles. The van der Waals surface area contributed by atoms with Crippen molar-refractivity contribution in [2.75, 3.05) is 0 Å². The predicted octanol–water partition coefficient (Wildman–Crippen LogP) is -3.72. The van der Waals surface area contributed by atoms with Crippen LogP contribution in [0.1, 0.15) is 5.56 Å². The maximum Gasteiger partial charge on any atom is 2.00 e. The molecule has 0 aliphatic carbocycles. The van der Waals surface area contributed by atoms with Crippen molar-refractivity contribution in [3.8, 4) is 0 Å². The van der Waals surface area contributed by atoms with Crippen molar-refractivity contribution in [1.29, 1.82) is 0 Å². The third-order valence-corrected chi connectivity index (χ3v) is 1.26. The molecule has 0 N–H and O–H groups in total. The van der Waals surface area contributed by atoms with Crippen molar-refractivity contribution in [2.24, 2.45) is 0 Å². The summed E-state index contributed by atoms with van der Waals surface area (Å²) in [4.78, 5) is 0. The van der Waals surface area contributed by atoms with Crippen LogP contribution in [0.2, 0.25) is 5.02 Å². The van der Waals surface area contributed by atoms with Crippen LogP contribution >= 0.6 is 11.6 Å². The zero-order chi connectivity index (χ0) is 5.98. The Hall–Kier alpha value is 0.856. The van der Waals surface area contributed by atoms with Crippen LogP contribution in [0.4, 0.5) is 0 Å². The minimum absolute atomic E-state index is 0. The first kappa shape index (κ1) is 17.8. The molecular formula is C7H7Cl3Mg. The summed E-state index contributed by atoms with van der Waals surface area (Å²) in [5.41, 5.74) is 1.24. The minimum atomic E-state index is 0. The van der Waals surface area contributed by atoms with Crippen molar-refractivity contribution in [3.63, 3.8) is 0 Å². The second-order valence-electron chi connectivity index (χ2n) is 1.80. The molecule has 0 nitrogen and oxygen atoms in total. The van der Waals surface area contributed by atoms with Gasteiger partial charge in [0.05, 0.1) is 0 Å². The second-order valence-corrected chi connectivity index (χ2v) is 2.23. The van der Waals surface area contributed by atoms with E-state index in [4.69, 9.17) is 11.6 Å². The fraction of sp³-hybridized carbons (Fsp3) is 0.143. The molecule has 0 saturated carbocycles. The van der Waals surface area contributed by atoms with Crippen molar-refractivity contribution >= 4 is 34.7 Å². The normalized spacial score (nSPS) is 6.73. The first-order valence-electron chi connectivity index (χ1n) is 2.51. The van der Waals surface area contributed by atoms with Gasteiger partial charge in [0.1, 0.15) is 0 Å². The van der Waals surface area contributed by atoms with Crippen molar-refractivity contribution in [3.05, 3.63) is 34.9 Å². The van der Waals surface area contributed by atoms with Crippen LogP contribution in [0, 0.1) is 6.92 Å². The molecule has 58 valence electrons. The van der Waals surface area contributed by atoms with Gasteiger partial charge in [-0.25, -0.2) is 0 Å². The van der Waals surface area contributed by atoms with E-state index in [0.29, 0.717) is 0 Å². The van der Waals surface area contributed by atoms with E-state index >= 15 is 0 Å². The van der Waals surface area contributed by atoms with E-state index < -0.39 is 0 Å².